The molecule has 39 heavy (non-hydrogen) atoms. The van der Waals surface area contributed by atoms with Gasteiger partial charge in [-0.1, -0.05) is 109 Å². The normalized spacial score (nSPS) is 15.6. The standard InChI is InChI=1S/C30H38O3.2C3H8/c1-6-9-23(26(7-2)28(32)15-20(4)31)16-22-17-25-12-13-27(21(5)30(25)29(33)18-22)24-11-8-10-19(3)14-24;2*1-3-2/h8,10-14,22-23,26H,6-7,9,15-18H2,1-5H3;2*3H2,1-2H3. The van der Waals surface area contributed by atoms with Crippen molar-refractivity contribution in [1.82, 2.24) is 0 Å². The SMILES string of the molecule is CCC.CCC.CCCC(CC1CC(=O)c2c(ccc(-c3cccc(C)c3)c2C)C1)C(CC)C(=O)CC(C)=O. The fraction of sp³-hybridized carbons (Fsp3) is 0.583. The minimum atomic E-state index is -0.0872. The Morgan fingerprint density at radius 2 is 1.56 bits per heavy atom. The third-order valence-corrected chi connectivity index (χ3v) is 7.28. The van der Waals surface area contributed by atoms with E-state index in [1.807, 2.05) is 6.92 Å². The smallest absolute Gasteiger partial charge is 0.163 e. The summed E-state index contributed by atoms with van der Waals surface area (Å²) in [5.74, 6) is 0.645. The minimum Gasteiger partial charge on any atom is -0.300 e. The predicted molar refractivity (Wildman–Crippen MR) is 167 cm³/mol. The molecule has 3 heteroatoms. The highest BCUT2D eigenvalue weighted by atomic mass is 16.1. The zero-order valence-corrected chi connectivity index (χ0v) is 26.3. The fourth-order valence-electron chi connectivity index (χ4n) is 5.85. The van der Waals surface area contributed by atoms with Crippen LogP contribution in [0, 0.1) is 31.6 Å². The zero-order chi connectivity index (χ0) is 29.5. The van der Waals surface area contributed by atoms with Gasteiger partial charge >= 0.3 is 0 Å². The summed E-state index contributed by atoms with van der Waals surface area (Å²) >= 11 is 0. The van der Waals surface area contributed by atoms with Crippen LogP contribution >= 0.6 is 0 Å². The Hall–Kier alpha value is -2.55. The van der Waals surface area contributed by atoms with Crippen molar-refractivity contribution in [3.05, 3.63) is 58.7 Å². The van der Waals surface area contributed by atoms with Crippen molar-refractivity contribution in [2.45, 2.75) is 120 Å². The molecule has 0 heterocycles. The number of carbonyl (C=O) groups excluding carboxylic acids is 3. The predicted octanol–water partition coefficient (Wildman–Crippen LogP) is 9.93. The molecule has 3 rings (SSSR count). The van der Waals surface area contributed by atoms with Crippen LogP contribution < -0.4 is 0 Å². The van der Waals surface area contributed by atoms with E-state index in [-0.39, 0.29) is 41.5 Å². The first-order chi connectivity index (χ1) is 18.6. The lowest BCUT2D eigenvalue weighted by Gasteiger charge is -2.32. The van der Waals surface area contributed by atoms with E-state index in [9.17, 15) is 14.4 Å². The average Bonchev–Trinajstić information content (AvgIpc) is 2.85. The topological polar surface area (TPSA) is 51.2 Å². The van der Waals surface area contributed by atoms with Gasteiger partial charge < -0.3 is 0 Å². The molecule has 1 aliphatic carbocycles. The van der Waals surface area contributed by atoms with Gasteiger partial charge in [0.1, 0.15) is 11.6 Å². The number of fused-ring (bicyclic) bond motifs is 1. The molecule has 0 aromatic heterocycles. The van der Waals surface area contributed by atoms with Crippen LogP contribution in [0.15, 0.2) is 36.4 Å². The first-order valence-corrected chi connectivity index (χ1v) is 15.3. The Labute approximate surface area is 239 Å². The molecule has 216 valence electrons. The molecular weight excluding hydrogens is 480 g/mol. The van der Waals surface area contributed by atoms with Crippen molar-refractivity contribution in [2.24, 2.45) is 17.8 Å². The molecule has 0 saturated heterocycles. The van der Waals surface area contributed by atoms with E-state index in [4.69, 9.17) is 0 Å². The van der Waals surface area contributed by atoms with Gasteiger partial charge in [-0.15, -0.1) is 0 Å². The van der Waals surface area contributed by atoms with Gasteiger partial charge in [-0.05, 0) is 74.1 Å². The first kappa shape index (κ1) is 34.5. The highest BCUT2D eigenvalue weighted by Crippen LogP contribution is 2.38. The van der Waals surface area contributed by atoms with E-state index in [1.165, 1.54) is 25.3 Å². The Morgan fingerprint density at radius 3 is 2.10 bits per heavy atom. The molecule has 0 radical (unpaired) electrons. The monoisotopic (exact) mass is 534 g/mol. The number of carbonyl (C=O) groups is 3. The molecule has 0 aliphatic heterocycles. The van der Waals surface area contributed by atoms with Crippen LogP contribution in [0.2, 0.25) is 0 Å². The number of rotatable bonds is 10. The molecule has 0 saturated carbocycles. The molecule has 0 fully saturated rings. The summed E-state index contributed by atoms with van der Waals surface area (Å²) in [6, 6.07) is 12.7. The van der Waals surface area contributed by atoms with Crippen LogP contribution in [-0.4, -0.2) is 17.3 Å². The Kier molecular flexibility index (Phi) is 15.8. The van der Waals surface area contributed by atoms with E-state index in [0.29, 0.717) is 6.42 Å². The van der Waals surface area contributed by atoms with Crippen molar-refractivity contribution in [3.63, 3.8) is 0 Å². The van der Waals surface area contributed by atoms with Gasteiger partial charge in [0.05, 0.1) is 6.42 Å². The molecule has 2 aromatic rings. The lowest BCUT2D eigenvalue weighted by molar-refractivity contribution is -0.129. The number of benzene rings is 2. The minimum absolute atomic E-state index is 0.0338. The second-order valence-corrected chi connectivity index (χ2v) is 11.4. The van der Waals surface area contributed by atoms with Gasteiger partial charge in [-0.25, -0.2) is 0 Å². The highest BCUT2D eigenvalue weighted by molar-refractivity contribution is 6.02. The summed E-state index contributed by atoms with van der Waals surface area (Å²) in [5.41, 5.74) is 6.62. The van der Waals surface area contributed by atoms with Crippen molar-refractivity contribution >= 4 is 17.3 Å². The van der Waals surface area contributed by atoms with Gasteiger partial charge in [0.25, 0.3) is 0 Å². The van der Waals surface area contributed by atoms with Gasteiger partial charge in [0, 0.05) is 17.9 Å². The molecule has 0 amide bonds. The van der Waals surface area contributed by atoms with E-state index < -0.39 is 0 Å². The summed E-state index contributed by atoms with van der Waals surface area (Å²) in [6.45, 7) is 18.3. The molecule has 0 spiro atoms. The van der Waals surface area contributed by atoms with Crippen LogP contribution in [0.3, 0.4) is 0 Å². The Balaban J connectivity index is 0.00000116. The van der Waals surface area contributed by atoms with Crippen molar-refractivity contribution in [1.29, 1.82) is 0 Å². The summed E-state index contributed by atoms with van der Waals surface area (Å²) < 4.78 is 0. The fourth-order valence-corrected chi connectivity index (χ4v) is 5.85. The lowest BCUT2D eigenvalue weighted by Crippen LogP contribution is -2.29. The first-order valence-electron chi connectivity index (χ1n) is 15.3. The number of Topliss-reactive ketones (excluding diaryl/α,β-unsaturated/α-hetero) is 3. The largest absolute Gasteiger partial charge is 0.300 e. The van der Waals surface area contributed by atoms with Crippen LogP contribution in [0.5, 0.6) is 0 Å². The number of aryl methyl sites for hydroxylation is 1. The average molecular weight is 535 g/mol. The lowest BCUT2D eigenvalue weighted by atomic mass is 9.71. The second-order valence-electron chi connectivity index (χ2n) is 11.4. The summed E-state index contributed by atoms with van der Waals surface area (Å²) in [4.78, 5) is 37.6. The van der Waals surface area contributed by atoms with Gasteiger partial charge in [-0.2, -0.15) is 0 Å². The molecule has 3 unspecified atom stereocenters. The Morgan fingerprint density at radius 1 is 0.923 bits per heavy atom. The van der Waals surface area contributed by atoms with E-state index in [2.05, 4.69) is 84.9 Å². The number of ketones is 3. The third kappa shape index (κ3) is 10.5. The molecule has 0 bridgehead atoms. The maximum absolute atomic E-state index is 13.3. The molecule has 0 N–H and O–H groups in total. The summed E-state index contributed by atoms with van der Waals surface area (Å²) in [6.07, 6.45) is 7.56. The Bertz CT molecular complexity index is 1060. The third-order valence-electron chi connectivity index (χ3n) is 7.28. The molecule has 3 nitrogen and oxygen atoms in total. The zero-order valence-electron chi connectivity index (χ0n) is 26.3. The van der Waals surface area contributed by atoms with Gasteiger partial charge in [0.2, 0.25) is 0 Å². The van der Waals surface area contributed by atoms with E-state index >= 15 is 0 Å². The van der Waals surface area contributed by atoms with Gasteiger partial charge in [0.15, 0.2) is 5.78 Å². The number of hydrogen-bond donors (Lipinski definition) is 0. The van der Waals surface area contributed by atoms with E-state index in [1.54, 1.807) is 0 Å². The second kappa shape index (κ2) is 17.9. The maximum Gasteiger partial charge on any atom is 0.163 e. The van der Waals surface area contributed by atoms with Gasteiger partial charge in [-0.3, -0.25) is 14.4 Å². The van der Waals surface area contributed by atoms with E-state index in [0.717, 1.165) is 59.9 Å². The van der Waals surface area contributed by atoms with Crippen LogP contribution in [0.1, 0.15) is 127 Å². The van der Waals surface area contributed by atoms with Crippen molar-refractivity contribution in [3.8, 4) is 11.1 Å². The molecular formula is C36H54O3. The quantitative estimate of drug-likeness (QED) is 0.285. The van der Waals surface area contributed by atoms with Crippen LogP contribution in [-0.2, 0) is 16.0 Å². The highest BCUT2D eigenvalue weighted by Gasteiger charge is 2.33. The summed E-state index contributed by atoms with van der Waals surface area (Å²) in [7, 11) is 0. The van der Waals surface area contributed by atoms with Crippen molar-refractivity contribution < 1.29 is 14.4 Å². The van der Waals surface area contributed by atoms with Crippen LogP contribution in [0.4, 0.5) is 0 Å². The van der Waals surface area contributed by atoms with Crippen molar-refractivity contribution in [2.75, 3.05) is 0 Å². The molecule has 2 aromatic carbocycles. The summed E-state index contributed by atoms with van der Waals surface area (Å²) in [5, 5.41) is 0. The number of hydrogen-bond acceptors (Lipinski definition) is 3. The molecule has 3 atom stereocenters. The van der Waals surface area contributed by atoms with Crippen LogP contribution in [0.25, 0.3) is 11.1 Å². The molecule has 1 aliphatic rings. The maximum atomic E-state index is 13.3.